The van der Waals surface area contributed by atoms with Gasteiger partial charge in [0.05, 0.1) is 15.5 Å². The first kappa shape index (κ1) is 24.1. The van der Waals surface area contributed by atoms with Gasteiger partial charge in [-0.3, -0.25) is 19.7 Å². The maximum absolute atomic E-state index is 12.6. The van der Waals surface area contributed by atoms with Gasteiger partial charge >= 0.3 is 0 Å². The van der Waals surface area contributed by atoms with Crippen LogP contribution >= 0.6 is 11.6 Å². The zero-order chi connectivity index (χ0) is 22.3. The molecule has 1 unspecified atom stereocenters. The van der Waals surface area contributed by atoms with Crippen molar-refractivity contribution in [2.45, 2.75) is 46.1 Å². The summed E-state index contributed by atoms with van der Waals surface area (Å²) in [7, 11) is 0. The van der Waals surface area contributed by atoms with E-state index in [1.807, 2.05) is 13.8 Å². The van der Waals surface area contributed by atoms with Crippen molar-refractivity contribution in [3.63, 3.8) is 0 Å². The van der Waals surface area contributed by atoms with E-state index in [1.165, 1.54) is 25.0 Å². The summed E-state index contributed by atoms with van der Waals surface area (Å²) in [6.07, 6.45) is 3.30. The van der Waals surface area contributed by atoms with Crippen LogP contribution in [-0.2, 0) is 4.79 Å². The molecule has 1 aliphatic rings. The molecule has 0 saturated carbocycles. The first-order valence-electron chi connectivity index (χ1n) is 10.4. The molecule has 30 heavy (non-hydrogen) atoms. The highest BCUT2D eigenvalue weighted by Gasteiger charge is 2.26. The highest BCUT2D eigenvalue weighted by molar-refractivity contribution is 6.34. The number of nitrogens with zero attached hydrogens (tertiary/aromatic N) is 2. The van der Waals surface area contributed by atoms with Crippen molar-refractivity contribution < 1.29 is 14.5 Å². The third-order valence-electron chi connectivity index (χ3n) is 5.47. The van der Waals surface area contributed by atoms with Gasteiger partial charge in [0.1, 0.15) is 6.04 Å². The highest BCUT2D eigenvalue weighted by Crippen LogP contribution is 2.22. The third-order valence-corrected chi connectivity index (χ3v) is 5.78. The number of benzene rings is 1. The van der Waals surface area contributed by atoms with Crippen molar-refractivity contribution in [2.24, 2.45) is 11.8 Å². The minimum atomic E-state index is -0.723. The molecule has 0 aliphatic carbocycles. The Labute approximate surface area is 182 Å². The van der Waals surface area contributed by atoms with Crippen LogP contribution in [0.5, 0.6) is 0 Å². The lowest BCUT2D eigenvalue weighted by molar-refractivity contribution is -0.384. The molecule has 0 bridgehead atoms. The van der Waals surface area contributed by atoms with Crippen molar-refractivity contribution >= 4 is 29.1 Å². The minimum Gasteiger partial charge on any atom is -0.354 e. The van der Waals surface area contributed by atoms with Crippen molar-refractivity contribution in [1.29, 1.82) is 0 Å². The minimum absolute atomic E-state index is 0.0273. The van der Waals surface area contributed by atoms with Gasteiger partial charge < -0.3 is 15.5 Å². The lowest BCUT2D eigenvalue weighted by Gasteiger charge is -2.30. The number of non-ortho nitro benzene ring substituents is 1. The average molecular weight is 439 g/mol. The summed E-state index contributed by atoms with van der Waals surface area (Å²) in [6.45, 7) is 9.67. The summed E-state index contributed by atoms with van der Waals surface area (Å²) in [4.78, 5) is 37.9. The van der Waals surface area contributed by atoms with E-state index in [0.29, 0.717) is 6.54 Å². The SMILES string of the molecule is CC1CCN(CCCNC(=O)C(NC(=O)c2ccc([N+](=O)[O-])cc2Cl)C(C)C)CC1. The molecule has 1 aliphatic heterocycles. The standard InChI is InChI=1S/C21H31ClN4O4/c1-14(2)19(21(28)23-9-4-10-25-11-7-15(3)8-12-25)24-20(27)17-6-5-16(26(29)30)13-18(17)22/h5-6,13-15,19H,4,7-12H2,1-3H3,(H,23,28)(H,24,27). The number of nitro benzene ring substituents is 1. The summed E-state index contributed by atoms with van der Waals surface area (Å²) in [5.74, 6) is -0.121. The topological polar surface area (TPSA) is 105 Å². The first-order valence-corrected chi connectivity index (χ1v) is 10.8. The van der Waals surface area contributed by atoms with E-state index in [-0.39, 0.29) is 28.1 Å². The van der Waals surface area contributed by atoms with Crippen LogP contribution in [0.4, 0.5) is 5.69 Å². The van der Waals surface area contributed by atoms with E-state index in [0.717, 1.165) is 38.0 Å². The Morgan fingerprint density at radius 3 is 2.53 bits per heavy atom. The quantitative estimate of drug-likeness (QED) is 0.350. The number of hydrogen-bond donors (Lipinski definition) is 2. The Balaban J connectivity index is 1.86. The van der Waals surface area contributed by atoms with Crippen LogP contribution in [0.3, 0.4) is 0 Å². The van der Waals surface area contributed by atoms with Crippen LogP contribution in [0.15, 0.2) is 18.2 Å². The van der Waals surface area contributed by atoms with Crippen molar-refractivity contribution in [3.8, 4) is 0 Å². The van der Waals surface area contributed by atoms with Crippen molar-refractivity contribution in [2.75, 3.05) is 26.2 Å². The Kier molecular flexibility index (Phi) is 9.05. The van der Waals surface area contributed by atoms with Gasteiger partial charge in [-0.2, -0.15) is 0 Å². The molecule has 1 atom stereocenters. The molecule has 0 spiro atoms. The number of amides is 2. The molecular formula is C21H31ClN4O4. The lowest BCUT2D eigenvalue weighted by Crippen LogP contribution is -2.50. The second-order valence-corrected chi connectivity index (χ2v) is 8.69. The number of rotatable bonds is 9. The number of hydrogen-bond acceptors (Lipinski definition) is 5. The molecule has 0 radical (unpaired) electrons. The van der Waals surface area contributed by atoms with Crippen LogP contribution in [0, 0.1) is 22.0 Å². The Morgan fingerprint density at radius 2 is 1.97 bits per heavy atom. The second kappa shape index (κ2) is 11.3. The first-order chi connectivity index (χ1) is 14.2. The maximum atomic E-state index is 12.6. The molecule has 2 amide bonds. The third kappa shape index (κ3) is 6.95. The zero-order valence-electron chi connectivity index (χ0n) is 17.8. The molecule has 2 N–H and O–H groups in total. The van der Waals surface area contributed by atoms with E-state index in [4.69, 9.17) is 11.6 Å². The van der Waals surface area contributed by atoms with E-state index in [2.05, 4.69) is 22.5 Å². The fourth-order valence-corrected chi connectivity index (χ4v) is 3.73. The second-order valence-electron chi connectivity index (χ2n) is 8.29. The average Bonchev–Trinajstić information content (AvgIpc) is 2.69. The number of nitro groups is 1. The molecule has 166 valence electrons. The van der Waals surface area contributed by atoms with Crippen LogP contribution in [0.1, 0.15) is 50.4 Å². The highest BCUT2D eigenvalue weighted by atomic mass is 35.5. The summed E-state index contributed by atoms with van der Waals surface area (Å²) in [6, 6.07) is 2.92. The van der Waals surface area contributed by atoms with Crippen LogP contribution in [0.25, 0.3) is 0 Å². The summed E-state index contributed by atoms with van der Waals surface area (Å²) in [5, 5.41) is 16.4. The number of nitrogens with one attached hydrogen (secondary N) is 2. The van der Waals surface area contributed by atoms with Crippen molar-refractivity contribution in [3.05, 3.63) is 38.9 Å². The lowest BCUT2D eigenvalue weighted by atomic mass is 9.99. The number of halogens is 1. The molecule has 1 aromatic rings. The van der Waals surface area contributed by atoms with E-state index >= 15 is 0 Å². The number of carbonyl (C=O) groups is 2. The molecule has 8 nitrogen and oxygen atoms in total. The number of piperidine rings is 1. The van der Waals surface area contributed by atoms with Gasteiger partial charge in [0.2, 0.25) is 5.91 Å². The Morgan fingerprint density at radius 1 is 1.30 bits per heavy atom. The van der Waals surface area contributed by atoms with E-state index in [1.54, 1.807) is 0 Å². The summed E-state index contributed by atoms with van der Waals surface area (Å²) >= 11 is 6.03. The van der Waals surface area contributed by atoms with Gasteiger partial charge in [0, 0.05) is 18.7 Å². The fourth-order valence-electron chi connectivity index (χ4n) is 3.47. The predicted octanol–water partition coefficient (Wildman–Crippen LogP) is 3.24. The molecular weight excluding hydrogens is 408 g/mol. The molecule has 9 heteroatoms. The smallest absolute Gasteiger partial charge is 0.270 e. The monoisotopic (exact) mass is 438 g/mol. The summed E-state index contributed by atoms with van der Waals surface area (Å²) in [5.41, 5.74) is -0.0992. The van der Waals surface area contributed by atoms with E-state index in [9.17, 15) is 19.7 Å². The van der Waals surface area contributed by atoms with E-state index < -0.39 is 16.9 Å². The predicted molar refractivity (Wildman–Crippen MR) is 117 cm³/mol. The molecule has 1 aromatic carbocycles. The van der Waals surface area contributed by atoms with Gasteiger partial charge in [0.15, 0.2) is 0 Å². The molecule has 2 rings (SSSR count). The summed E-state index contributed by atoms with van der Waals surface area (Å²) < 4.78 is 0. The van der Waals surface area contributed by atoms with Crippen molar-refractivity contribution in [1.82, 2.24) is 15.5 Å². The van der Waals surface area contributed by atoms with Gasteiger partial charge in [-0.15, -0.1) is 0 Å². The number of likely N-dealkylation sites (tertiary alicyclic amines) is 1. The van der Waals surface area contributed by atoms with Crippen LogP contribution in [-0.4, -0.2) is 53.9 Å². The Bertz CT molecular complexity index is 763. The van der Waals surface area contributed by atoms with Gasteiger partial charge in [-0.1, -0.05) is 32.4 Å². The fraction of sp³-hybridized carbons (Fsp3) is 0.619. The molecule has 1 heterocycles. The maximum Gasteiger partial charge on any atom is 0.270 e. The van der Waals surface area contributed by atoms with Crippen LogP contribution in [0.2, 0.25) is 5.02 Å². The zero-order valence-corrected chi connectivity index (χ0v) is 18.6. The van der Waals surface area contributed by atoms with Gasteiger partial charge in [-0.05, 0) is 56.8 Å². The molecule has 1 fully saturated rings. The van der Waals surface area contributed by atoms with Gasteiger partial charge in [-0.25, -0.2) is 0 Å². The molecule has 0 aromatic heterocycles. The van der Waals surface area contributed by atoms with Gasteiger partial charge in [0.25, 0.3) is 11.6 Å². The Hall–Kier alpha value is -2.19. The number of carbonyl (C=O) groups excluding carboxylic acids is 2. The normalized spacial score (nSPS) is 16.3. The largest absolute Gasteiger partial charge is 0.354 e. The van der Waals surface area contributed by atoms with Crippen LogP contribution < -0.4 is 10.6 Å². The molecule has 1 saturated heterocycles.